The Kier molecular flexibility index (Phi) is 5.54. The molecule has 2 aromatic carbocycles. The van der Waals surface area contributed by atoms with E-state index in [4.69, 9.17) is 0 Å². The van der Waals surface area contributed by atoms with E-state index in [9.17, 15) is 19.6 Å². The fourth-order valence-electron chi connectivity index (χ4n) is 3.79. The predicted molar refractivity (Wildman–Crippen MR) is 100 cm³/mol. The highest BCUT2D eigenvalue weighted by atomic mass is 19.1. The molecule has 1 fully saturated rings. The van der Waals surface area contributed by atoms with E-state index < -0.39 is 12.1 Å². The van der Waals surface area contributed by atoms with Crippen molar-refractivity contribution in [2.45, 2.75) is 18.0 Å². The van der Waals surface area contributed by atoms with Crippen LogP contribution in [0.15, 0.2) is 48.5 Å². The van der Waals surface area contributed by atoms with E-state index in [2.05, 4.69) is 6.07 Å². The number of likely N-dealkylation sites (N-methyl/N-ethyl adjacent to an activating group) is 1. The van der Waals surface area contributed by atoms with Crippen LogP contribution in [0, 0.1) is 17.1 Å². The van der Waals surface area contributed by atoms with Crippen molar-refractivity contribution >= 4 is 5.91 Å². The van der Waals surface area contributed by atoms with Gasteiger partial charge >= 0.3 is 0 Å². The van der Waals surface area contributed by atoms with Gasteiger partial charge in [-0.25, -0.2) is 4.39 Å². The van der Waals surface area contributed by atoms with Gasteiger partial charge in [0.15, 0.2) is 0 Å². The molecule has 0 spiro atoms. The topological polar surface area (TPSA) is 67.6 Å². The first kappa shape index (κ1) is 19.0. The standard InChI is InChI=1S/C21H22FN3O2/c1-24(2)12-20(27)25-18(11-23)21(19(25)13-26)16-9-4-3-7-14(16)15-8-5-6-10-17(15)22/h3-10,18-19,21,26H,12-13H2,1-2H3/t18-,19+,21+/m1/s1. The summed E-state index contributed by atoms with van der Waals surface area (Å²) in [5.41, 5.74) is 1.89. The molecule has 0 aromatic heterocycles. The number of nitriles is 1. The van der Waals surface area contributed by atoms with Gasteiger partial charge in [0, 0.05) is 11.5 Å². The number of amides is 1. The van der Waals surface area contributed by atoms with Crippen molar-refractivity contribution in [1.82, 2.24) is 9.80 Å². The zero-order valence-electron chi connectivity index (χ0n) is 15.3. The summed E-state index contributed by atoms with van der Waals surface area (Å²) in [5.74, 6) is -0.925. The van der Waals surface area contributed by atoms with Crippen LogP contribution in [-0.2, 0) is 4.79 Å². The number of nitrogens with zero attached hydrogens (tertiary/aromatic N) is 3. The zero-order chi connectivity index (χ0) is 19.6. The number of aliphatic hydroxyl groups is 1. The Morgan fingerprint density at radius 1 is 1.19 bits per heavy atom. The Balaban J connectivity index is 2.01. The molecule has 2 aromatic rings. The van der Waals surface area contributed by atoms with Gasteiger partial charge in [-0.05, 0) is 31.3 Å². The molecule has 6 heteroatoms. The number of hydrogen-bond acceptors (Lipinski definition) is 4. The van der Waals surface area contributed by atoms with Crippen LogP contribution in [0.2, 0.25) is 0 Å². The average Bonchev–Trinajstić information content (AvgIpc) is 2.62. The number of carbonyl (C=O) groups excluding carboxylic acids is 1. The smallest absolute Gasteiger partial charge is 0.238 e. The molecule has 0 bridgehead atoms. The third-order valence-corrected chi connectivity index (χ3v) is 4.95. The summed E-state index contributed by atoms with van der Waals surface area (Å²) in [4.78, 5) is 15.7. The van der Waals surface area contributed by atoms with Crippen molar-refractivity contribution in [3.63, 3.8) is 0 Å². The third-order valence-electron chi connectivity index (χ3n) is 4.95. The second-order valence-electron chi connectivity index (χ2n) is 6.96. The summed E-state index contributed by atoms with van der Waals surface area (Å²) in [6.07, 6.45) is 0. The molecule has 0 aliphatic carbocycles. The van der Waals surface area contributed by atoms with Crippen molar-refractivity contribution in [3.8, 4) is 17.2 Å². The molecule has 3 rings (SSSR count). The fraction of sp³-hybridized carbons (Fsp3) is 0.333. The molecule has 1 N–H and O–H groups in total. The third kappa shape index (κ3) is 3.44. The largest absolute Gasteiger partial charge is 0.394 e. The summed E-state index contributed by atoms with van der Waals surface area (Å²) >= 11 is 0. The lowest BCUT2D eigenvalue weighted by Crippen LogP contribution is -2.66. The predicted octanol–water partition coefficient (Wildman–Crippen LogP) is 2.23. The summed E-state index contributed by atoms with van der Waals surface area (Å²) < 4.78 is 14.4. The molecule has 0 unspecified atom stereocenters. The van der Waals surface area contributed by atoms with Crippen LogP contribution in [0.25, 0.3) is 11.1 Å². The first-order valence-electron chi connectivity index (χ1n) is 8.79. The minimum absolute atomic E-state index is 0.163. The van der Waals surface area contributed by atoms with Crippen LogP contribution in [0.4, 0.5) is 4.39 Å². The Morgan fingerprint density at radius 2 is 1.81 bits per heavy atom. The zero-order valence-corrected chi connectivity index (χ0v) is 15.3. The highest BCUT2D eigenvalue weighted by Crippen LogP contribution is 2.44. The van der Waals surface area contributed by atoms with Crippen molar-refractivity contribution in [3.05, 3.63) is 59.9 Å². The molecule has 1 aliphatic rings. The lowest BCUT2D eigenvalue weighted by Gasteiger charge is -2.52. The number of likely N-dealkylation sites (tertiary alicyclic amines) is 1. The molecular weight excluding hydrogens is 345 g/mol. The van der Waals surface area contributed by atoms with Crippen LogP contribution in [-0.4, -0.2) is 60.1 Å². The van der Waals surface area contributed by atoms with Crippen molar-refractivity contribution < 1.29 is 14.3 Å². The first-order valence-corrected chi connectivity index (χ1v) is 8.79. The van der Waals surface area contributed by atoms with E-state index in [1.165, 1.54) is 11.0 Å². The van der Waals surface area contributed by atoms with Gasteiger partial charge in [-0.1, -0.05) is 42.5 Å². The van der Waals surface area contributed by atoms with Crippen LogP contribution in [0.1, 0.15) is 11.5 Å². The van der Waals surface area contributed by atoms with Gasteiger partial charge in [-0.2, -0.15) is 5.26 Å². The Morgan fingerprint density at radius 3 is 2.41 bits per heavy atom. The van der Waals surface area contributed by atoms with E-state index in [-0.39, 0.29) is 30.8 Å². The normalized spacial score (nSPS) is 21.6. The number of carbonyl (C=O) groups is 1. The van der Waals surface area contributed by atoms with Crippen molar-refractivity contribution in [2.75, 3.05) is 27.2 Å². The quantitative estimate of drug-likeness (QED) is 0.880. The minimum Gasteiger partial charge on any atom is -0.394 e. The Labute approximate surface area is 158 Å². The number of hydrogen-bond donors (Lipinski definition) is 1. The average molecular weight is 367 g/mol. The molecule has 140 valence electrons. The fourth-order valence-corrected chi connectivity index (χ4v) is 3.79. The van der Waals surface area contributed by atoms with Gasteiger partial charge in [0.25, 0.3) is 0 Å². The summed E-state index contributed by atoms with van der Waals surface area (Å²) in [6, 6.07) is 14.8. The molecule has 1 heterocycles. The highest BCUT2D eigenvalue weighted by molar-refractivity contribution is 5.81. The van der Waals surface area contributed by atoms with Gasteiger partial charge in [-0.3, -0.25) is 4.79 Å². The maximum Gasteiger partial charge on any atom is 0.238 e. The van der Waals surface area contributed by atoms with Crippen LogP contribution < -0.4 is 0 Å². The van der Waals surface area contributed by atoms with Crippen molar-refractivity contribution in [1.29, 1.82) is 5.26 Å². The van der Waals surface area contributed by atoms with Crippen LogP contribution in [0.3, 0.4) is 0 Å². The second kappa shape index (κ2) is 7.87. The first-order chi connectivity index (χ1) is 13.0. The molecule has 1 amide bonds. The molecule has 1 saturated heterocycles. The lowest BCUT2D eigenvalue weighted by molar-refractivity contribution is -0.147. The van der Waals surface area contributed by atoms with Gasteiger partial charge in [0.1, 0.15) is 11.9 Å². The molecule has 0 saturated carbocycles. The maximum absolute atomic E-state index is 14.4. The number of halogens is 1. The number of aliphatic hydroxyl groups excluding tert-OH is 1. The summed E-state index contributed by atoms with van der Waals surface area (Å²) in [7, 11) is 3.55. The van der Waals surface area contributed by atoms with E-state index in [1.807, 2.05) is 18.2 Å². The molecule has 3 atom stereocenters. The van der Waals surface area contributed by atoms with Gasteiger partial charge < -0.3 is 14.9 Å². The minimum atomic E-state index is -0.692. The van der Waals surface area contributed by atoms with Gasteiger partial charge in [-0.15, -0.1) is 0 Å². The van der Waals surface area contributed by atoms with E-state index >= 15 is 0 Å². The number of rotatable bonds is 5. The van der Waals surface area contributed by atoms with E-state index in [0.29, 0.717) is 11.1 Å². The van der Waals surface area contributed by atoms with E-state index in [1.54, 1.807) is 43.3 Å². The summed E-state index contributed by atoms with van der Waals surface area (Å²) in [6.45, 7) is -0.0933. The van der Waals surface area contributed by atoms with Crippen LogP contribution >= 0.6 is 0 Å². The summed E-state index contributed by atoms with van der Waals surface area (Å²) in [5, 5.41) is 19.6. The molecule has 0 radical (unpaired) electrons. The molecule has 1 aliphatic heterocycles. The maximum atomic E-state index is 14.4. The molecular formula is C21H22FN3O2. The van der Waals surface area contributed by atoms with Gasteiger partial charge in [0.2, 0.25) is 5.91 Å². The van der Waals surface area contributed by atoms with Crippen LogP contribution in [0.5, 0.6) is 0 Å². The van der Waals surface area contributed by atoms with Gasteiger partial charge in [0.05, 0.1) is 25.3 Å². The molecule has 27 heavy (non-hydrogen) atoms. The Hall–Kier alpha value is -2.75. The molecule has 5 nitrogen and oxygen atoms in total. The SMILES string of the molecule is CN(C)CC(=O)N1[C@H](C#N)[C@H](c2ccccc2-c2ccccc2F)[C@@H]1CO. The van der Waals surface area contributed by atoms with Crippen molar-refractivity contribution in [2.24, 2.45) is 0 Å². The number of benzene rings is 2. The highest BCUT2D eigenvalue weighted by Gasteiger charge is 2.52. The lowest BCUT2D eigenvalue weighted by atomic mass is 9.73. The monoisotopic (exact) mass is 367 g/mol. The second-order valence-corrected chi connectivity index (χ2v) is 6.96. The van der Waals surface area contributed by atoms with E-state index in [0.717, 1.165) is 5.56 Å². The Bertz CT molecular complexity index is 878.